The average molecular weight is 433 g/mol. The van der Waals surface area contributed by atoms with E-state index in [0.717, 1.165) is 12.3 Å². The first-order valence-electron chi connectivity index (χ1n) is 12.9. The molecule has 0 heterocycles. The highest BCUT2D eigenvalue weighted by atomic mass is 16.4. The highest BCUT2D eigenvalue weighted by Crippen LogP contribution is 2.48. The largest absolute Gasteiger partial charge is 0.393 e. The Kier molecular flexibility index (Phi) is 11.6. The van der Waals surface area contributed by atoms with E-state index in [1.54, 1.807) is 0 Å². The van der Waals surface area contributed by atoms with E-state index in [4.69, 9.17) is 0 Å². The van der Waals surface area contributed by atoms with Crippen molar-refractivity contribution < 1.29 is 15.3 Å². The number of rotatable bonds is 16. The van der Waals surface area contributed by atoms with Crippen molar-refractivity contribution in [3.05, 3.63) is 37.0 Å². The zero-order valence-electron chi connectivity index (χ0n) is 20.0. The third-order valence-corrected chi connectivity index (χ3v) is 8.02. The fourth-order valence-corrected chi connectivity index (χ4v) is 5.46. The van der Waals surface area contributed by atoms with Crippen molar-refractivity contribution in [2.75, 3.05) is 6.61 Å². The topological polar surface area (TPSA) is 60.7 Å². The van der Waals surface area contributed by atoms with Gasteiger partial charge in [-0.15, -0.1) is 6.58 Å². The fourth-order valence-electron chi connectivity index (χ4n) is 5.46. The van der Waals surface area contributed by atoms with Crippen LogP contribution in [0.5, 0.6) is 0 Å². The fraction of sp³-hybridized carbons (Fsp3) is 0.786. The highest BCUT2D eigenvalue weighted by molar-refractivity contribution is 5.03. The quantitative estimate of drug-likeness (QED) is 0.193. The maximum atomic E-state index is 10.1. The van der Waals surface area contributed by atoms with Crippen LogP contribution in [0.4, 0.5) is 0 Å². The van der Waals surface area contributed by atoms with Crippen LogP contribution in [0.15, 0.2) is 37.0 Å². The molecule has 0 radical (unpaired) electrons. The van der Waals surface area contributed by atoms with Crippen molar-refractivity contribution in [3.63, 3.8) is 0 Å². The summed E-state index contributed by atoms with van der Waals surface area (Å²) in [6.45, 7) is 5.29. The third-order valence-electron chi connectivity index (χ3n) is 8.02. The van der Waals surface area contributed by atoms with E-state index in [2.05, 4.69) is 37.8 Å². The lowest BCUT2D eigenvalue weighted by Crippen LogP contribution is -2.43. The molecule has 2 unspecified atom stereocenters. The van der Waals surface area contributed by atoms with E-state index in [1.807, 2.05) is 0 Å². The Morgan fingerprint density at radius 2 is 1.90 bits per heavy atom. The smallest absolute Gasteiger partial charge is 0.131 e. The molecule has 0 spiro atoms. The zero-order chi connectivity index (χ0) is 22.6. The standard InChI is InChI=1S/C28H48O3/c1-3-5-6-10-19-27(21-13-22-27)20-12-17-25-16-11-15-24(25)14-8-7-9-18-26(30)28(31,4-2)23-29/h4,7-8,12,17,24-26,29-31H,2-3,5-6,9-11,13-16,18-23H2,1H3/b8-7-,17-12+/t24-,25+,26?,28?/m0/s1. The Morgan fingerprint density at radius 3 is 2.55 bits per heavy atom. The Bertz CT molecular complexity index is 563. The first-order valence-corrected chi connectivity index (χ1v) is 12.9. The molecular formula is C28H48O3. The van der Waals surface area contributed by atoms with Crippen LogP contribution < -0.4 is 0 Å². The SMILES string of the molecule is C=CC(O)(CO)C(O)CC/C=C\C[C@H]1CCC[C@@H]1/C=C/CC1(CCCCCC)CCC1. The summed E-state index contributed by atoms with van der Waals surface area (Å²) in [4.78, 5) is 0. The molecule has 178 valence electrons. The average Bonchev–Trinajstić information content (AvgIpc) is 3.20. The first kappa shape index (κ1) is 26.4. The van der Waals surface area contributed by atoms with Crippen LogP contribution >= 0.6 is 0 Å². The van der Waals surface area contributed by atoms with Gasteiger partial charge in [0.2, 0.25) is 0 Å². The van der Waals surface area contributed by atoms with Gasteiger partial charge in [0.25, 0.3) is 0 Å². The molecule has 0 aromatic carbocycles. The minimum Gasteiger partial charge on any atom is -0.393 e. The maximum Gasteiger partial charge on any atom is 0.131 e. The van der Waals surface area contributed by atoms with Crippen LogP contribution in [0.1, 0.15) is 103 Å². The molecule has 2 aliphatic rings. The third kappa shape index (κ3) is 8.18. The van der Waals surface area contributed by atoms with Crippen molar-refractivity contribution in [2.45, 2.75) is 115 Å². The van der Waals surface area contributed by atoms with Gasteiger partial charge in [0.1, 0.15) is 5.60 Å². The summed E-state index contributed by atoms with van der Waals surface area (Å²) in [5.41, 5.74) is -0.968. The van der Waals surface area contributed by atoms with Gasteiger partial charge in [-0.3, -0.25) is 0 Å². The Balaban J connectivity index is 1.71. The van der Waals surface area contributed by atoms with Gasteiger partial charge in [-0.25, -0.2) is 0 Å². The number of aliphatic hydroxyl groups excluding tert-OH is 2. The molecule has 0 amide bonds. The molecule has 2 rings (SSSR count). The van der Waals surface area contributed by atoms with Crippen LogP contribution in [-0.4, -0.2) is 33.6 Å². The molecule has 3 nitrogen and oxygen atoms in total. The number of unbranched alkanes of at least 4 members (excludes halogenated alkanes) is 3. The lowest BCUT2D eigenvalue weighted by Gasteiger charge is -2.42. The molecule has 3 N–H and O–H groups in total. The summed E-state index contributed by atoms with van der Waals surface area (Å²) >= 11 is 0. The summed E-state index contributed by atoms with van der Waals surface area (Å²) in [5.74, 6) is 1.45. The molecule has 0 aromatic heterocycles. The predicted octanol–water partition coefficient (Wildman–Crippen LogP) is 6.49. The summed E-state index contributed by atoms with van der Waals surface area (Å²) in [6.07, 6.45) is 28.4. The van der Waals surface area contributed by atoms with Gasteiger partial charge in [0.05, 0.1) is 12.7 Å². The molecule has 0 bridgehead atoms. The molecule has 0 aliphatic heterocycles. The van der Waals surface area contributed by atoms with Gasteiger partial charge in [-0.1, -0.05) is 75.8 Å². The number of hydrogen-bond acceptors (Lipinski definition) is 3. The normalized spacial score (nSPS) is 26.2. The lowest BCUT2D eigenvalue weighted by molar-refractivity contribution is -0.0731. The van der Waals surface area contributed by atoms with E-state index in [1.165, 1.54) is 83.1 Å². The highest BCUT2D eigenvalue weighted by Gasteiger charge is 2.35. The molecule has 2 aliphatic carbocycles. The molecule has 4 atom stereocenters. The van der Waals surface area contributed by atoms with Gasteiger partial charge < -0.3 is 15.3 Å². The van der Waals surface area contributed by atoms with Crippen LogP contribution in [0.2, 0.25) is 0 Å². The van der Waals surface area contributed by atoms with Crippen LogP contribution in [-0.2, 0) is 0 Å². The Morgan fingerprint density at radius 1 is 1.10 bits per heavy atom. The molecule has 2 saturated carbocycles. The minimum atomic E-state index is -1.59. The maximum absolute atomic E-state index is 10.1. The van der Waals surface area contributed by atoms with Crippen molar-refractivity contribution in [1.29, 1.82) is 0 Å². The molecule has 0 aromatic rings. The van der Waals surface area contributed by atoms with E-state index >= 15 is 0 Å². The van der Waals surface area contributed by atoms with Gasteiger partial charge in [0, 0.05) is 0 Å². The second-order valence-electron chi connectivity index (χ2n) is 10.3. The lowest BCUT2D eigenvalue weighted by atomic mass is 9.64. The van der Waals surface area contributed by atoms with Crippen LogP contribution in [0.3, 0.4) is 0 Å². The summed E-state index contributed by atoms with van der Waals surface area (Å²) in [6, 6.07) is 0. The second kappa shape index (κ2) is 13.6. The summed E-state index contributed by atoms with van der Waals surface area (Å²) in [5, 5.41) is 29.3. The van der Waals surface area contributed by atoms with E-state index in [9.17, 15) is 15.3 Å². The van der Waals surface area contributed by atoms with Crippen molar-refractivity contribution >= 4 is 0 Å². The zero-order valence-corrected chi connectivity index (χ0v) is 20.0. The van der Waals surface area contributed by atoms with Crippen molar-refractivity contribution in [2.24, 2.45) is 17.3 Å². The van der Waals surface area contributed by atoms with E-state index in [-0.39, 0.29) is 0 Å². The van der Waals surface area contributed by atoms with E-state index < -0.39 is 18.3 Å². The van der Waals surface area contributed by atoms with Gasteiger partial charge >= 0.3 is 0 Å². The molecule has 0 saturated heterocycles. The van der Waals surface area contributed by atoms with Crippen molar-refractivity contribution in [3.8, 4) is 0 Å². The Labute approximate surface area is 191 Å². The summed E-state index contributed by atoms with van der Waals surface area (Å²) < 4.78 is 0. The molecular weight excluding hydrogens is 384 g/mol. The molecule has 2 fully saturated rings. The first-order chi connectivity index (χ1) is 15.0. The number of hydrogen-bond donors (Lipinski definition) is 3. The predicted molar refractivity (Wildman–Crippen MR) is 131 cm³/mol. The monoisotopic (exact) mass is 432 g/mol. The number of allylic oxidation sites excluding steroid dienone is 4. The van der Waals surface area contributed by atoms with E-state index in [0.29, 0.717) is 24.2 Å². The minimum absolute atomic E-state index is 0.425. The summed E-state index contributed by atoms with van der Waals surface area (Å²) in [7, 11) is 0. The van der Waals surface area contributed by atoms with Gasteiger partial charge in [-0.2, -0.15) is 0 Å². The van der Waals surface area contributed by atoms with Gasteiger partial charge in [0.15, 0.2) is 0 Å². The number of aliphatic hydroxyl groups is 3. The molecule has 31 heavy (non-hydrogen) atoms. The Hall–Kier alpha value is -0.900. The molecule has 3 heteroatoms. The van der Waals surface area contributed by atoms with Crippen LogP contribution in [0, 0.1) is 17.3 Å². The van der Waals surface area contributed by atoms with Gasteiger partial charge in [-0.05, 0) is 75.0 Å². The van der Waals surface area contributed by atoms with Crippen LogP contribution in [0.25, 0.3) is 0 Å². The second-order valence-corrected chi connectivity index (χ2v) is 10.3. The van der Waals surface area contributed by atoms with Crippen molar-refractivity contribution in [1.82, 2.24) is 0 Å².